The molecule has 356 valence electrons. The maximum absolute atomic E-state index is 2.47. The van der Waals surface area contributed by atoms with E-state index in [0.717, 1.165) is 40.5 Å². The van der Waals surface area contributed by atoms with Gasteiger partial charge in [0.2, 0.25) is 0 Å². The average Bonchev–Trinajstić information content (AvgIpc) is 4.08. The first-order chi connectivity index (χ1) is 35.9. The van der Waals surface area contributed by atoms with Crippen LogP contribution in [0.5, 0.6) is 0 Å². The van der Waals surface area contributed by atoms with Crippen molar-refractivity contribution in [2.24, 2.45) is 0 Å². The molecular weight excluding hydrogens is 893 g/mol. The van der Waals surface area contributed by atoms with Crippen LogP contribution in [0.3, 0.4) is 0 Å². The first-order valence-electron chi connectivity index (χ1n) is 26.4. The van der Waals surface area contributed by atoms with Gasteiger partial charge >= 0.3 is 0 Å². The quantitative estimate of drug-likeness (QED) is 0.150. The van der Waals surface area contributed by atoms with E-state index in [1.54, 1.807) is 0 Å². The van der Waals surface area contributed by atoms with Crippen molar-refractivity contribution in [3.63, 3.8) is 0 Å². The van der Waals surface area contributed by atoms with E-state index in [1.807, 2.05) is 0 Å². The lowest BCUT2D eigenvalue weighted by Gasteiger charge is -2.30. The Bertz CT molecular complexity index is 3820. The van der Waals surface area contributed by atoms with Crippen LogP contribution in [0.1, 0.15) is 86.1 Å². The highest BCUT2D eigenvalue weighted by Gasteiger charge is 2.42. The van der Waals surface area contributed by atoms with Crippen LogP contribution >= 0.6 is 0 Å². The number of anilines is 6. The highest BCUT2D eigenvalue weighted by Crippen LogP contribution is 2.56. The number of allylic oxidation sites excluding steroid dienone is 1. The van der Waals surface area contributed by atoms with Crippen molar-refractivity contribution < 1.29 is 0 Å². The lowest BCUT2D eigenvalue weighted by atomic mass is 9.79. The van der Waals surface area contributed by atoms with E-state index in [1.165, 1.54) is 100 Å². The maximum atomic E-state index is 2.47. The minimum atomic E-state index is -0.117. The van der Waals surface area contributed by atoms with Gasteiger partial charge in [-0.1, -0.05) is 199 Å². The Morgan fingerprint density at radius 2 is 0.608 bits per heavy atom. The fourth-order valence-electron chi connectivity index (χ4n) is 13.4. The molecule has 0 amide bonds. The van der Waals surface area contributed by atoms with Crippen molar-refractivity contribution in [1.82, 2.24) is 0 Å². The van der Waals surface area contributed by atoms with Gasteiger partial charge in [0.1, 0.15) is 0 Å². The van der Waals surface area contributed by atoms with Gasteiger partial charge in [-0.3, -0.25) is 0 Å². The molecule has 14 rings (SSSR count). The number of fused-ring (bicyclic) bond motifs is 10. The van der Waals surface area contributed by atoms with Crippen molar-refractivity contribution in [1.29, 1.82) is 0 Å². The molecule has 74 heavy (non-hydrogen) atoms. The second-order valence-electron chi connectivity index (χ2n) is 22.5. The molecule has 0 unspecified atom stereocenters. The van der Waals surface area contributed by atoms with E-state index in [4.69, 9.17) is 0 Å². The topological polar surface area (TPSA) is 6.48 Å². The Morgan fingerprint density at radius 1 is 0.270 bits per heavy atom. The molecular formula is C72H58N2. The monoisotopic (exact) mass is 950 g/mol. The predicted octanol–water partition coefficient (Wildman–Crippen LogP) is 19.2. The molecule has 0 aliphatic heterocycles. The van der Waals surface area contributed by atoms with E-state index < -0.39 is 0 Å². The Morgan fingerprint density at radius 3 is 1.08 bits per heavy atom. The van der Waals surface area contributed by atoms with Gasteiger partial charge < -0.3 is 9.80 Å². The van der Waals surface area contributed by atoms with Gasteiger partial charge in [-0.2, -0.15) is 0 Å². The zero-order valence-electron chi connectivity index (χ0n) is 43.0. The summed E-state index contributed by atoms with van der Waals surface area (Å²) >= 11 is 0. The molecule has 0 aromatic heterocycles. The number of benzene rings is 10. The summed E-state index contributed by atoms with van der Waals surface area (Å²) in [6.07, 6.45) is 1.01. The standard InChI is InChI=1S/C72H58N2/c1-70(2)63-22-14-12-20-58(63)60-39-36-55(43-65(60)70)74(56-37-40-61-59-21-13-15-23-64(59)71(3,4)66(61)44-56)53-34-28-49(29-35-53)48-26-32-52(33-27-48)73(51-30-24-47(25-31-51)46-16-8-7-9-17-46)54-38-41-62-67(45-54)72(5,6)68-42-50-18-10-11-19-57(50)69(62)68/h7-41,43-45H,42H2,1-6H3. The Kier molecular flexibility index (Phi) is 9.73. The number of nitrogens with zero attached hydrogens (tertiary/aromatic N) is 2. The van der Waals surface area contributed by atoms with Crippen LogP contribution in [0.15, 0.2) is 236 Å². The van der Waals surface area contributed by atoms with Gasteiger partial charge in [0.05, 0.1) is 0 Å². The number of hydrogen-bond acceptors (Lipinski definition) is 2. The van der Waals surface area contributed by atoms with E-state index in [9.17, 15) is 0 Å². The zero-order valence-corrected chi connectivity index (χ0v) is 43.0. The normalized spacial score (nSPS) is 15.4. The van der Waals surface area contributed by atoms with Crippen LogP contribution in [0.25, 0.3) is 50.1 Å². The summed E-state index contributed by atoms with van der Waals surface area (Å²) < 4.78 is 0. The van der Waals surface area contributed by atoms with Crippen LogP contribution in [-0.4, -0.2) is 0 Å². The molecule has 2 nitrogen and oxygen atoms in total. The first-order valence-corrected chi connectivity index (χ1v) is 26.4. The number of rotatable bonds is 8. The lowest BCUT2D eigenvalue weighted by molar-refractivity contribution is 0.625. The van der Waals surface area contributed by atoms with Crippen molar-refractivity contribution >= 4 is 39.7 Å². The summed E-state index contributed by atoms with van der Waals surface area (Å²) in [5.74, 6) is 0. The first kappa shape index (κ1) is 44.3. The summed E-state index contributed by atoms with van der Waals surface area (Å²) in [5, 5.41) is 0. The third-order valence-electron chi connectivity index (χ3n) is 17.4. The van der Waals surface area contributed by atoms with Gasteiger partial charge in [0.15, 0.2) is 0 Å². The van der Waals surface area contributed by atoms with Gasteiger partial charge in [0, 0.05) is 50.4 Å². The van der Waals surface area contributed by atoms with Gasteiger partial charge in [0.25, 0.3) is 0 Å². The van der Waals surface area contributed by atoms with Crippen LogP contribution < -0.4 is 9.80 Å². The summed E-state index contributed by atoms with van der Waals surface area (Å²) in [5.41, 5.74) is 30.7. The Hall–Kier alpha value is -8.46. The predicted molar refractivity (Wildman–Crippen MR) is 311 cm³/mol. The van der Waals surface area contributed by atoms with Crippen molar-refractivity contribution in [2.75, 3.05) is 9.80 Å². The van der Waals surface area contributed by atoms with Crippen LogP contribution in [-0.2, 0) is 22.7 Å². The highest BCUT2D eigenvalue weighted by molar-refractivity contribution is 5.96. The second kappa shape index (κ2) is 16.3. The van der Waals surface area contributed by atoms with E-state index in [0.29, 0.717) is 0 Å². The highest BCUT2D eigenvalue weighted by atomic mass is 15.1. The molecule has 0 heterocycles. The van der Waals surface area contributed by atoms with E-state index in [2.05, 4.69) is 282 Å². The SMILES string of the molecule is CC1(C)C2=C(c3ccccc3C2)c2ccc(N(c3ccc(-c4ccccc4)cc3)c3ccc(-c4ccc(N(c5ccc6c(c5)C(C)(C)c5ccccc5-6)c5ccc6c(c5)C(C)(C)c5ccccc5-6)cc4)cc3)cc21. The zero-order chi connectivity index (χ0) is 50.1. The molecule has 4 aliphatic rings. The van der Waals surface area contributed by atoms with Crippen molar-refractivity contribution in [2.45, 2.75) is 64.2 Å². The van der Waals surface area contributed by atoms with Crippen molar-refractivity contribution in [3.8, 4) is 44.5 Å². The fraction of sp³-hybridized carbons (Fsp3) is 0.139. The van der Waals surface area contributed by atoms with Gasteiger partial charge in [-0.15, -0.1) is 0 Å². The summed E-state index contributed by atoms with van der Waals surface area (Å²) in [4.78, 5) is 4.90. The smallest absolute Gasteiger partial charge is 0.0465 e. The molecule has 2 heteroatoms. The Labute approximate surface area is 436 Å². The van der Waals surface area contributed by atoms with Crippen LogP contribution in [0.4, 0.5) is 34.1 Å². The summed E-state index contributed by atoms with van der Waals surface area (Å²) in [7, 11) is 0. The molecule has 0 N–H and O–H groups in total. The van der Waals surface area contributed by atoms with E-state index in [-0.39, 0.29) is 16.2 Å². The maximum Gasteiger partial charge on any atom is 0.0465 e. The average molecular weight is 951 g/mol. The van der Waals surface area contributed by atoms with Gasteiger partial charge in [-0.05, 0) is 179 Å². The molecule has 0 saturated carbocycles. The largest absolute Gasteiger partial charge is 0.310 e. The molecule has 0 saturated heterocycles. The third-order valence-corrected chi connectivity index (χ3v) is 17.4. The van der Waals surface area contributed by atoms with Gasteiger partial charge in [-0.25, -0.2) is 0 Å². The molecule has 10 aromatic rings. The molecule has 4 aliphatic carbocycles. The fourth-order valence-corrected chi connectivity index (χ4v) is 13.4. The lowest BCUT2D eigenvalue weighted by Crippen LogP contribution is -2.19. The Balaban J connectivity index is 0.832. The van der Waals surface area contributed by atoms with Crippen molar-refractivity contribution in [3.05, 3.63) is 281 Å². The molecule has 0 bridgehead atoms. The summed E-state index contributed by atoms with van der Waals surface area (Å²) in [6, 6.07) is 86.3. The molecule has 0 atom stereocenters. The molecule has 0 radical (unpaired) electrons. The molecule has 0 spiro atoms. The van der Waals surface area contributed by atoms with E-state index >= 15 is 0 Å². The second-order valence-corrected chi connectivity index (χ2v) is 22.5. The van der Waals surface area contributed by atoms with Crippen LogP contribution in [0.2, 0.25) is 0 Å². The molecule has 10 aromatic carbocycles. The third kappa shape index (κ3) is 6.63. The summed E-state index contributed by atoms with van der Waals surface area (Å²) in [6.45, 7) is 14.3. The number of hydrogen-bond donors (Lipinski definition) is 0. The minimum Gasteiger partial charge on any atom is -0.310 e. The molecule has 0 fully saturated rings. The minimum absolute atomic E-state index is 0.0832. The van der Waals surface area contributed by atoms with Crippen LogP contribution in [0, 0.1) is 0 Å².